The van der Waals surface area contributed by atoms with Crippen LogP contribution in [0, 0.1) is 5.92 Å². The van der Waals surface area contributed by atoms with Crippen molar-refractivity contribution in [1.29, 1.82) is 0 Å². The van der Waals surface area contributed by atoms with Gasteiger partial charge in [0.05, 0.1) is 24.8 Å². The average Bonchev–Trinajstić information content (AvgIpc) is 2.97. The van der Waals surface area contributed by atoms with Crippen LogP contribution in [0.3, 0.4) is 0 Å². The van der Waals surface area contributed by atoms with Gasteiger partial charge in [0.15, 0.2) is 0 Å². The Morgan fingerprint density at radius 3 is 3.00 bits per heavy atom. The molecule has 0 aliphatic carbocycles. The minimum atomic E-state index is -0.773. The first-order valence-electron chi connectivity index (χ1n) is 6.65. The number of hydrogen-bond acceptors (Lipinski definition) is 4. The molecule has 6 nitrogen and oxygen atoms in total. The molecule has 1 aliphatic rings. The summed E-state index contributed by atoms with van der Waals surface area (Å²) in [7, 11) is 1.88. The molecule has 1 aliphatic heterocycles. The molecule has 1 N–H and O–H groups in total. The highest BCUT2D eigenvalue weighted by molar-refractivity contribution is 5.71. The standard InChI is InChI=1S/C13H21N3O3/c1-3-5-16(7-10-4-6-15(2)14-10)12-9-19-8-11(12)13(17)18/h4,6,11-12H,3,5,7-9H2,1-2H3,(H,17,18). The Morgan fingerprint density at radius 2 is 2.42 bits per heavy atom. The van der Waals surface area contributed by atoms with Gasteiger partial charge in [0.1, 0.15) is 0 Å². The van der Waals surface area contributed by atoms with Crippen LogP contribution in [0.4, 0.5) is 0 Å². The quantitative estimate of drug-likeness (QED) is 0.823. The van der Waals surface area contributed by atoms with E-state index in [0.29, 0.717) is 19.8 Å². The fraction of sp³-hybridized carbons (Fsp3) is 0.692. The van der Waals surface area contributed by atoms with Crippen LogP contribution >= 0.6 is 0 Å². The topological polar surface area (TPSA) is 67.6 Å². The molecule has 1 fully saturated rings. The summed E-state index contributed by atoms with van der Waals surface area (Å²) in [5.41, 5.74) is 0.965. The van der Waals surface area contributed by atoms with Gasteiger partial charge in [-0.1, -0.05) is 6.92 Å². The highest BCUT2D eigenvalue weighted by Crippen LogP contribution is 2.22. The average molecular weight is 267 g/mol. The normalized spacial score (nSPS) is 23.1. The van der Waals surface area contributed by atoms with Crippen molar-refractivity contribution >= 4 is 5.97 Å². The molecule has 1 aromatic heterocycles. The van der Waals surface area contributed by atoms with E-state index in [2.05, 4.69) is 16.9 Å². The highest BCUT2D eigenvalue weighted by atomic mass is 16.5. The number of hydrogen-bond donors (Lipinski definition) is 1. The second-order valence-electron chi connectivity index (χ2n) is 5.00. The van der Waals surface area contributed by atoms with Crippen molar-refractivity contribution in [3.63, 3.8) is 0 Å². The lowest BCUT2D eigenvalue weighted by molar-refractivity contribution is -0.143. The first kappa shape index (κ1) is 14.0. The van der Waals surface area contributed by atoms with E-state index in [-0.39, 0.29) is 6.04 Å². The molecule has 0 aromatic carbocycles. The summed E-state index contributed by atoms with van der Waals surface area (Å²) in [6.07, 6.45) is 2.88. The van der Waals surface area contributed by atoms with Crippen LogP contribution in [0.25, 0.3) is 0 Å². The molecule has 0 spiro atoms. The van der Waals surface area contributed by atoms with Gasteiger partial charge < -0.3 is 9.84 Å². The van der Waals surface area contributed by atoms with Crippen LogP contribution in [0.15, 0.2) is 12.3 Å². The van der Waals surface area contributed by atoms with Crippen LogP contribution in [0.2, 0.25) is 0 Å². The van der Waals surface area contributed by atoms with Crippen molar-refractivity contribution in [2.24, 2.45) is 13.0 Å². The predicted octanol–water partition coefficient (Wildman–Crippen LogP) is 0.732. The Bertz CT molecular complexity index is 433. The number of nitrogens with zero attached hydrogens (tertiary/aromatic N) is 3. The van der Waals surface area contributed by atoms with Gasteiger partial charge in [-0.05, 0) is 19.0 Å². The second kappa shape index (κ2) is 6.16. The van der Waals surface area contributed by atoms with E-state index in [1.165, 1.54) is 0 Å². The molecule has 2 unspecified atom stereocenters. The SMILES string of the molecule is CCCN(Cc1ccn(C)n1)C1COCC1C(=O)O. The van der Waals surface area contributed by atoms with Gasteiger partial charge in [0, 0.05) is 25.8 Å². The number of aliphatic carboxylic acids is 1. The molecule has 0 radical (unpaired) electrons. The molecule has 6 heteroatoms. The summed E-state index contributed by atoms with van der Waals surface area (Å²) in [6.45, 7) is 4.42. The van der Waals surface area contributed by atoms with Gasteiger partial charge in [-0.2, -0.15) is 5.10 Å². The number of aryl methyl sites for hydroxylation is 1. The summed E-state index contributed by atoms with van der Waals surface area (Å²) in [5.74, 6) is -1.21. The van der Waals surface area contributed by atoms with E-state index in [0.717, 1.165) is 18.7 Å². The van der Waals surface area contributed by atoms with Crippen molar-refractivity contribution in [1.82, 2.24) is 14.7 Å². The Kier molecular flexibility index (Phi) is 4.55. The summed E-state index contributed by atoms with van der Waals surface area (Å²) in [4.78, 5) is 13.4. The van der Waals surface area contributed by atoms with Crippen molar-refractivity contribution in [2.45, 2.75) is 25.9 Å². The van der Waals surface area contributed by atoms with Crippen LogP contribution < -0.4 is 0 Å². The maximum atomic E-state index is 11.3. The van der Waals surface area contributed by atoms with Crippen molar-refractivity contribution < 1.29 is 14.6 Å². The van der Waals surface area contributed by atoms with Crippen LogP contribution in [-0.4, -0.2) is 51.6 Å². The lowest BCUT2D eigenvalue weighted by atomic mass is 10.0. The molecule has 106 valence electrons. The second-order valence-corrected chi connectivity index (χ2v) is 5.00. The Hall–Kier alpha value is -1.40. The molecule has 2 atom stereocenters. The molecule has 19 heavy (non-hydrogen) atoms. The lowest BCUT2D eigenvalue weighted by Gasteiger charge is -2.29. The third kappa shape index (κ3) is 3.33. The first-order valence-corrected chi connectivity index (χ1v) is 6.65. The van der Waals surface area contributed by atoms with E-state index in [9.17, 15) is 9.90 Å². The molecule has 2 rings (SSSR count). The number of carboxylic acid groups (broad SMARTS) is 1. The molecule has 1 aromatic rings. The summed E-state index contributed by atoms with van der Waals surface area (Å²) < 4.78 is 7.12. The number of carboxylic acids is 1. The fourth-order valence-electron chi connectivity index (χ4n) is 2.54. The minimum Gasteiger partial charge on any atom is -0.481 e. The summed E-state index contributed by atoms with van der Waals surface area (Å²) >= 11 is 0. The number of ether oxygens (including phenoxy) is 1. The number of rotatable bonds is 6. The molecule has 0 saturated carbocycles. The molecular formula is C13H21N3O3. The number of carbonyl (C=O) groups is 1. The molecule has 2 heterocycles. The van der Waals surface area contributed by atoms with E-state index < -0.39 is 11.9 Å². The maximum Gasteiger partial charge on any atom is 0.310 e. The van der Waals surface area contributed by atoms with Crippen molar-refractivity contribution in [2.75, 3.05) is 19.8 Å². The summed E-state index contributed by atoms with van der Waals surface area (Å²) in [5, 5.41) is 13.6. The molecule has 0 amide bonds. The Morgan fingerprint density at radius 1 is 1.63 bits per heavy atom. The van der Waals surface area contributed by atoms with Gasteiger partial charge in [0.2, 0.25) is 0 Å². The van der Waals surface area contributed by atoms with Gasteiger partial charge in [-0.15, -0.1) is 0 Å². The minimum absolute atomic E-state index is 0.0561. The Labute approximate surface area is 113 Å². The largest absolute Gasteiger partial charge is 0.481 e. The molecule has 1 saturated heterocycles. The van der Waals surface area contributed by atoms with Gasteiger partial charge in [-0.25, -0.2) is 0 Å². The zero-order chi connectivity index (χ0) is 13.8. The smallest absolute Gasteiger partial charge is 0.310 e. The van der Waals surface area contributed by atoms with Crippen LogP contribution in [-0.2, 0) is 23.1 Å². The van der Waals surface area contributed by atoms with E-state index in [4.69, 9.17) is 4.74 Å². The van der Waals surface area contributed by atoms with Crippen molar-refractivity contribution in [3.8, 4) is 0 Å². The van der Waals surface area contributed by atoms with Crippen LogP contribution in [0.1, 0.15) is 19.0 Å². The fourth-order valence-corrected chi connectivity index (χ4v) is 2.54. The molecule has 0 bridgehead atoms. The van der Waals surface area contributed by atoms with E-state index >= 15 is 0 Å². The summed E-state index contributed by atoms with van der Waals surface area (Å²) in [6, 6.07) is 1.91. The number of aromatic nitrogens is 2. The predicted molar refractivity (Wildman–Crippen MR) is 69.6 cm³/mol. The third-order valence-electron chi connectivity index (χ3n) is 3.48. The van der Waals surface area contributed by atoms with Crippen molar-refractivity contribution in [3.05, 3.63) is 18.0 Å². The lowest BCUT2D eigenvalue weighted by Crippen LogP contribution is -2.43. The van der Waals surface area contributed by atoms with Gasteiger partial charge in [0.25, 0.3) is 0 Å². The van der Waals surface area contributed by atoms with Crippen LogP contribution in [0.5, 0.6) is 0 Å². The van der Waals surface area contributed by atoms with Gasteiger partial charge >= 0.3 is 5.97 Å². The highest BCUT2D eigenvalue weighted by Gasteiger charge is 2.37. The monoisotopic (exact) mass is 267 g/mol. The van der Waals surface area contributed by atoms with E-state index in [1.54, 1.807) is 4.68 Å². The first-order chi connectivity index (χ1) is 9.11. The zero-order valence-electron chi connectivity index (χ0n) is 11.5. The molecular weight excluding hydrogens is 246 g/mol. The third-order valence-corrected chi connectivity index (χ3v) is 3.48. The Balaban J connectivity index is 2.08. The van der Waals surface area contributed by atoms with E-state index in [1.807, 2.05) is 19.3 Å². The maximum absolute atomic E-state index is 11.3. The zero-order valence-corrected chi connectivity index (χ0v) is 11.5. The van der Waals surface area contributed by atoms with Gasteiger partial charge in [-0.3, -0.25) is 14.4 Å².